The van der Waals surface area contributed by atoms with Crippen molar-refractivity contribution in [2.75, 3.05) is 5.32 Å². The van der Waals surface area contributed by atoms with Gasteiger partial charge in [-0.05, 0) is 64.1 Å². The van der Waals surface area contributed by atoms with Gasteiger partial charge in [-0.3, -0.25) is 4.57 Å². The summed E-state index contributed by atoms with van der Waals surface area (Å²) in [6.45, 7) is 7.65. The van der Waals surface area contributed by atoms with Gasteiger partial charge in [0, 0.05) is 23.0 Å². The molecule has 0 aliphatic rings. The van der Waals surface area contributed by atoms with Gasteiger partial charge in [-0.1, -0.05) is 17.7 Å². The minimum absolute atomic E-state index is 0.364. The first-order chi connectivity index (χ1) is 11.3. The predicted octanol–water partition coefficient (Wildman–Crippen LogP) is 5.48. The van der Waals surface area contributed by atoms with Crippen molar-refractivity contribution in [3.05, 3.63) is 60.3 Å². The first-order valence-corrected chi connectivity index (χ1v) is 8.00. The fourth-order valence-electron chi connectivity index (χ4n) is 2.49. The molecule has 0 aliphatic heterocycles. The second-order valence-electron chi connectivity index (χ2n) is 6.93. The second-order valence-corrected chi connectivity index (χ2v) is 6.93. The zero-order valence-corrected chi connectivity index (χ0v) is 14.5. The molecule has 0 saturated heterocycles. The summed E-state index contributed by atoms with van der Waals surface area (Å²) in [5.74, 6) is 0. The predicted molar refractivity (Wildman–Crippen MR) is 98.0 cm³/mol. The van der Waals surface area contributed by atoms with Crippen LogP contribution in [0.2, 0.25) is 0 Å². The molecule has 0 fully saturated rings. The van der Waals surface area contributed by atoms with Gasteiger partial charge in [0.2, 0.25) is 0 Å². The molecule has 1 N–H and O–H groups in total. The van der Waals surface area contributed by atoms with Crippen molar-refractivity contribution in [2.45, 2.75) is 33.3 Å². The van der Waals surface area contributed by atoms with Crippen LogP contribution in [-0.4, -0.2) is 16.3 Å². The molecule has 24 heavy (non-hydrogen) atoms. The van der Waals surface area contributed by atoms with Crippen LogP contribution in [0.4, 0.5) is 16.2 Å². The highest BCUT2D eigenvalue weighted by Crippen LogP contribution is 2.24. The zero-order chi connectivity index (χ0) is 17.3. The molecule has 3 aromatic rings. The summed E-state index contributed by atoms with van der Waals surface area (Å²) in [7, 11) is 0. The van der Waals surface area contributed by atoms with Crippen LogP contribution in [-0.2, 0) is 4.74 Å². The molecule has 1 heterocycles. The third kappa shape index (κ3) is 3.59. The van der Waals surface area contributed by atoms with Crippen LogP contribution in [0.15, 0.2) is 54.7 Å². The maximum absolute atomic E-state index is 12.3. The summed E-state index contributed by atoms with van der Waals surface area (Å²) in [6.07, 6.45) is 1.38. The highest BCUT2D eigenvalue weighted by atomic mass is 16.6. The Kier molecular flexibility index (Phi) is 4.06. The van der Waals surface area contributed by atoms with Gasteiger partial charge in [-0.15, -0.1) is 0 Å². The van der Waals surface area contributed by atoms with E-state index >= 15 is 0 Å². The summed E-state index contributed by atoms with van der Waals surface area (Å²) in [6, 6.07) is 16.1. The lowest BCUT2D eigenvalue weighted by Gasteiger charge is -2.19. The van der Waals surface area contributed by atoms with Crippen molar-refractivity contribution in [3.63, 3.8) is 0 Å². The van der Waals surface area contributed by atoms with Crippen LogP contribution in [0.5, 0.6) is 0 Å². The fourth-order valence-corrected chi connectivity index (χ4v) is 2.49. The maximum Gasteiger partial charge on any atom is 0.418 e. The van der Waals surface area contributed by atoms with E-state index in [1.54, 1.807) is 6.20 Å². The van der Waals surface area contributed by atoms with Crippen LogP contribution >= 0.6 is 0 Å². The third-order valence-electron chi connectivity index (χ3n) is 3.62. The molecule has 2 aromatic carbocycles. The Bertz CT molecular complexity index is 871. The van der Waals surface area contributed by atoms with Crippen molar-refractivity contribution < 1.29 is 9.53 Å². The van der Waals surface area contributed by atoms with Crippen LogP contribution in [0.25, 0.3) is 10.9 Å². The molecule has 0 radical (unpaired) electrons. The number of benzene rings is 2. The highest BCUT2D eigenvalue weighted by molar-refractivity contribution is 5.91. The van der Waals surface area contributed by atoms with E-state index in [2.05, 4.69) is 24.4 Å². The number of fused-ring (bicyclic) bond motifs is 1. The Morgan fingerprint density at radius 1 is 1.00 bits per heavy atom. The molecule has 0 saturated carbocycles. The molecule has 0 bridgehead atoms. The zero-order valence-electron chi connectivity index (χ0n) is 14.5. The smallest absolute Gasteiger partial charge is 0.418 e. The number of aromatic nitrogens is 1. The molecule has 1 aromatic heterocycles. The van der Waals surface area contributed by atoms with Gasteiger partial charge in [0.1, 0.15) is 5.60 Å². The van der Waals surface area contributed by atoms with Gasteiger partial charge in [-0.25, -0.2) is 4.79 Å². The number of anilines is 2. The molecule has 4 nitrogen and oxygen atoms in total. The number of ether oxygens (including phenoxy) is 1. The molecule has 124 valence electrons. The number of hydrogen-bond acceptors (Lipinski definition) is 3. The third-order valence-corrected chi connectivity index (χ3v) is 3.62. The maximum atomic E-state index is 12.3. The van der Waals surface area contributed by atoms with Crippen LogP contribution in [0.1, 0.15) is 26.3 Å². The van der Waals surface area contributed by atoms with E-state index in [1.807, 2.05) is 57.2 Å². The van der Waals surface area contributed by atoms with Gasteiger partial charge in [0.15, 0.2) is 0 Å². The van der Waals surface area contributed by atoms with Crippen molar-refractivity contribution in [2.24, 2.45) is 0 Å². The van der Waals surface area contributed by atoms with Crippen molar-refractivity contribution >= 4 is 28.4 Å². The van der Waals surface area contributed by atoms with Crippen LogP contribution in [0, 0.1) is 6.92 Å². The Hall–Kier alpha value is -2.75. The minimum Gasteiger partial charge on any atom is -0.443 e. The number of aryl methyl sites for hydroxylation is 1. The Labute approximate surface area is 142 Å². The molecule has 0 unspecified atom stereocenters. The average Bonchev–Trinajstić information content (AvgIpc) is 2.91. The van der Waals surface area contributed by atoms with Crippen molar-refractivity contribution in [1.82, 2.24) is 4.57 Å². The van der Waals surface area contributed by atoms with Gasteiger partial charge < -0.3 is 10.1 Å². The topological polar surface area (TPSA) is 43.3 Å². The summed E-state index contributed by atoms with van der Waals surface area (Å²) < 4.78 is 6.97. The number of rotatable bonds is 2. The number of nitrogens with one attached hydrogen (secondary N) is 1. The van der Waals surface area contributed by atoms with E-state index in [0.29, 0.717) is 0 Å². The highest BCUT2D eigenvalue weighted by Gasteiger charge is 2.18. The Balaban J connectivity index is 1.85. The Morgan fingerprint density at radius 2 is 1.67 bits per heavy atom. The van der Waals surface area contributed by atoms with Gasteiger partial charge in [-0.2, -0.15) is 0 Å². The minimum atomic E-state index is -0.513. The van der Waals surface area contributed by atoms with Crippen LogP contribution < -0.4 is 5.32 Å². The van der Waals surface area contributed by atoms with Crippen molar-refractivity contribution in [3.8, 4) is 0 Å². The number of nitrogens with zero attached hydrogens (tertiary/aromatic N) is 1. The van der Waals surface area contributed by atoms with E-state index in [9.17, 15) is 4.79 Å². The first kappa shape index (κ1) is 16.1. The molecular weight excluding hydrogens is 300 g/mol. The lowest BCUT2D eigenvalue weighted by molar-refractivity contribution is 0.0544. The van der Waals surface area contributed by atoms with Gasteiger partial charge >= 0.3 is 6.09 Å². The lowest BCUT2D eigenvalue weighted by atomic mass is 10.2. The Morgan fingerprint density at radius 3 is 2.33 bits per heavy atom. The second kappa shape index (κ2) is 6.04. The SMILES string of the molecule is Cc1ccc(Nc2ccc3c(ccn3C(=O)OC(C)(C)C)c2)cc1. The van der Waals surface area contributed by atoms with E-state index in [-0.39, 0.29) is 6.09 Å². The molecular formula is C20H22N2O2. The molecule has 0 spiro atoms. The monoisotopic (exact) mass is 322 g/mol. The van der Waals surface area contributed by atoms with Gasteiger partial charge in [0.25, 0.3) is 0 Å². The first-order valence-electron chi connectivity index (χ1n) is 8.00. The molecule has 0 amide bonds. The molecule has 3 rings (SSSR count). The average molecular weight is 322 g/mol. The normalized spacial score (nSPS) is 11.5. The lowest BCUT2D eigenvalue weighted by Crippen LogP contribution is -2.26. The summed E-state index contributed by atoms with van der Waals surface area (Å²) in [4.78, 5) is 12.3. The number of carbonyl (C=O) groups excluding carboxylic acids is 1. The molecule has 0 aliphatic carbocycles. The number of hydrogen-bond donors (Lipinski definition) is 1. The summed E-state index contributed by atoms with van der Waals surface area (Å²) >= 11 is 0. The van der Waals surface area contributed by atoms with E-state index in [0.717, 1.165) is 22.3 Å². The summed E-state index contributed by atoms with van der Waals surface area (Å²) in [5.41, 5.74) is 3.56. The number of carbonyl (C=O) groups is 1. The van der Waals surface area contributed by atoms with E-state index in [4.69, 9.17) is 4.74 Å². The summed E-state index contributed by atoms with van der Waals surface area (Å²) in [5, 5.41) is 4.36. The largest absolute Gasteiger partial charge is 0.443 e. The van der Waals surface area contributed by atoms with Crippen LogP contribution in [0.3, 0.4) is 0 Å². The van der Waals surface area contributed by atoms with E-state index in [1.165, 1.54) is 10.1 Å². The quantitative estimate of drug-likeness (QED) is 0.679. The van der Waals surface area contributed by atoms with Crippen molar-refractivity contribution in [1.29, 1.82) is 0 Å². The van der Waals surface area contributed by atoms with E-state index < -0.39 is 5.60 Å². The molecule has 4 heteroatoms. The fraction of sp³-hybridized carbons (Fsp3) is 0.250. The molecule has 0 atom stereocenters. The standard InChI is InChI=1S/C20H22N2O2/c1-14-5-7-16(8-6-14)21-17-9-10-18-15(13-17)11-12-22(18)19(23)24-20(2,3)4/h5-13,21H,1-4H3. The van der Waals surface area contributed by atoms with Gasteiger partial charge in [0.05, 0.1) is 5.52 Å².